The molecule has 2 rings (SSSR count). The molecule has 0 aromatic carbocycles. The zero-order chi connectivity index (χ0) is 10.0. The molecule has 1 aromatic heterocycles. The lowest BCUT2D eigenvalue weighted by Gasteiger charge is -2.16. The van der Waals surface area contributed by atoms with Crippen molar-refractivity contribution >= 4 is 30.5 Å². The van der Waals surface area contributed by atoms with Crippen molar-refractivity contribution in [3.05, 3.63) is 24.0 Å². The molecule has 1 aliphatic rings. The first-order chi connectivity index (χ1) is 6.76. The Morgan fingerprint density at radius 3 is 2.62 bits per heavy atom. The first kappa shape index (κ1) is 15.5. The molecule has 0 unspecified atom stereocenters. The number of hydrogen-bond acceptors (Lipinski definition) is 3. The summed E-state index contributed by atoms with van der Waals surface area (Å²) in [5, 5.41) is 3.51. The van der Waals surface area contributed by atoms with Gasteiger partial charge < -0.3 is 11.1 Å². The van der Waals surface area contributed by atoms with Crippen LogP contribution in [0.15, 0.2) is 18.3 Å². The van der Waals surface area contributed by atoms with E-state index in [1.807, 2.05) is 18.3 Å². The van der Waals surface area contributed by atoms with Gasteiger partial charge in [0.25, 0.3) is 0 Å². The Morgan fingerprint density at radius 1 is 1.44 bits per heavy atom. The Labute approximate surface area is 109 Å². The third kappa shape index (κ3) is 3.51. The highest BCUT2D eigenvalue weighted by Crippen LogP contribution is 2.38. The van der Waals surface area contributed by atoms with Crippen LogP contribution in [0.1, 0.15) is 25.5 Å². The molecule has 1 saturated carbocycles. The summed E-state index contributed by atoms with van der Waals surface area (Å²) >= 11 is 0. The topological polar surface area (TPSA) is 50.9 Å². The monoisotopic (exact) mass is 263 g/mol. The van der Waals surface area contributed by atoms with Gasteiger partial charge in [0.1, 0.15) is 0 Å². The van der Waals surface area contributed by atoms with Gasteiger partial charge in [0, 0.05) is 18.2 Å². The van der Waals surface area contributed by atoms with E-state index in [1.54, 1.807) is 0 Å². The van der Waals surface area contributed by atoms with Crippen molar-refractivity contribution in [3.63, 3.8) is 0 Å². The van der Waals surface area contributed by atoms with Gasteiger partial charge in [-0.3, -0.25) is 4.98 Å². The second-order valence-electron chi connectivity index (χ2n) is 4.03. The Morgan fingerprint density at radius 2 is 2.12 bits per heavy atom. The standard InChI is InChI=1S/C11H17N3.2ClH/c1-2-14-11(5-6-11)8-10-9(12)4-3-7-13-10;;/h3-4,7,14H,2,5-6,8,12H2,1H3;2*1H. The van der Waals surface area contributed by atoms with Crippen molar-refractivity contribution in [1.29, 1.82) is 0 Å². The SMILES string of the molecule is CCNC1(Cc2ncccc2N)CC1.Cl.Cl. The predicted molar refractivity (Wildman–Crippen MR) is 72.5 cm³/mol. The van der Waals surface area contributed by atoms with Crippen LogP contribution in [0.5, 0.6) is 0 Å². The lowest BCUT2D eigenvalue weighted by atomic mass is 10.1. The summed E-state index contributed by atoms with van der Waals surface area (Å²) in [5.41, 5.74) is 8.01. The molecular weight excluding hydrogens is 245 g/mol. The van der Waals surface area contributed by atoms with Crippen LogP contribution in [0.3, 0.4) is 0 Å². The molecule has 1 heterocycles. The molecule has 1 fully saturated rings. The van der Waals surface area contributed by atoms with E-state index in [-0.39, 0.29) is 24.8 Å². The Kier molecular flexibility index (Phi) is 6.08. The van der Waals surface area contributed by atoms with E-state index in [2.05, 4.69) is 17.2 Å². The number of nitrogen functional groups attached to an aromatic ring is 1. The number of likely N-dealkylation sites (N-methyl/N-ethyl adjacent to an activating group) is 1. The van der Waals surface area contributed by atoms with Gasteiger partial charge in [-0.15, -0.1) is 24.8 Å². The first-order valence-corrected chi connectivity index (χ1v) is 5.20. The van der Waals surface area contributed by atoms with E-state index in [0.29, 0.717) is 5.54 Å². The van der Waals surface area contributed by atoms with Crippen LogP contribution in [0, 0.1) is 0 Å². The lowest BCUT2D eigenvalue weighted by molar-refractivity contribution is 0.506. The highest BCUT2D eigenvalue weighted by atomic mass is 35.5. The number of nitrogens with two attached hydrogens (primary N) is 1. The largest absolute Gasteiger partial charge is 0.397 e. The zero-order valence-electron chi connectivity index (χ0n) is 9.40. The molecule has 1 aromatic rings. The van der Waals surface area contributed by atoms with E-state index < -0.39 is 0 Å². The molecule has 3 nitrogen and oxygen atoms in total. The van der Waals surface area contributed by atoms with E-state index in [1.165, 1.54) is 12.8 Å². The molecule has 0 saturated heterocycles. The van der Waals surface area contributed by atoms with Gasteiger partial charge in [0.15, 0.2) is 0 Å². The van der Waals surface area contributed by atoms with Crippen molar-refractivity contribution in [2.45, 2.75) is 31.7 Å². The maximum atomic E-state index is 5.86. The molecule has 0 bridgehead atoms. The Hall–Kier alpha value is -0.510. The molecule has 3 N–H and O–H groups in total. The van der Waals surface area contributed by atoms with Crippen LogP contribution >= 0.6 is 24.8 Å². The molecule has 16 heavy (non-hydrogen) atoms. The van der Waals surface area contributed by atoms with E-state index in [0.717, 1.165) is 24.3 Å². The predicted octanol–water partition coefficient (Wildman–Crippen LogP) is 2.19. The fraction of sp³-hybridized carbons (Fsp3) is 0.545. The second kappa shape index (κ2) is 6.28. The van der Waals surface area contributed by atoms with Crippen LogP contribution < -0.4 is 11.1 Å². The summed E-state index contributed by atoms with van der Waals surface area (Å²) in [6.07, 6.45) is 5.27. The van der Waals surface area contributed by atoms with Crippen LogP contribution in [-0.4, -0.2) is 17.1 Å². The zero-order valence-corrected chi connectivity index (χ0v) is 11.0. The van der Waals surface area contributed by atoms with Crippen molar-refractivity contribution < 1.29 is 0 Å². The molecule has 0 spiro atoms. The summed E-state index contributed by atoms with van der Waals surface area (Å²) < 4.78 is 0. The highest BCUT2D eigenvalue weighted by molar-refractivity contribution is 5.85. The Balaban J connectivity index is 0.00000112. The van der Waals surface area contributed by atoms with Crippen LogP contribution in [0.25, 0.3) is 0 Å². The van der Waals surface area contributed by atoms with Crippen LogP contribution in [-0.2, 0) is 6.42 Å². The van der Waals surface area contributed by atoms with Crippen molar-refractivity contribution in [1.82, 2.24) is 10.3 Å². The molecule has 0 aliphatic heterocycles. The number of anilines is 1. The minimum Gasteiger partial charge on any atom is -0.397 e. The van der Waals surface area contributed by atoms with Gasteiger partial charge in [0.2, 0.25) is 0 Å². The van der Waals surface area contributed by atoms with Crippen LogP contribution in [0.4, 0.5) is 5.69 Å². The maximum Gasteiger partial charge on any atom is 0.0650 e. The van der Waals surface area contributed by atoms with E-state index >= 15 is 0 Å². The average molecular weight is 264 g/mol. The number of nitrogens with one attached hydrogen (secondary N) is 1. The molecule has 0 amide bonds. The maximum absolute atomic E-state index is 5.86. The molecule has 0 radical (unpaired) electrons. The lowest BCUT2D eigenvalue weighted by Crippen LogP contribution is -2.33. The van der Waals surface area contributed by atoms with Crippen LogP contribution in [0.2, 0.25) is 0 Å². The number of pyridine rings is 1. The number of hydrogen-bond donors (Lipinski definition) is 2. The van der Waals surface area contributed by atoms with Gasteiger partial charge in [-0.05, 0) is 31.5 Å². The van der Waals surface area contributed by atoms with Crippen molar-refractivity contribution in [3.8, 4) is 0 Å². The number of rotatable bonds is 4. The number of halogens is 2. The second-order valence-corrected chi connectivity index (χ2v) is 4.03. The number of nitrogens with zero attached hydrogens (tertiary/aromatic N) is 1. The Bertz CT molecular complexity index is 327. The summed E-state index contributed by atoms with van der Waals surface area (Å²) in [6.45, 7) is 3.16. The molecule has 0 atom stereocenters. The van der Waals surface area contributed by atoms with Gasteiger partial charge in [-0.25, -0.2) is 0 Å². The average Bonchev–Trinajstić information content (AvgIpc) is 2.90. The normalized spacial score (nSPS) is 15.8. The minimum absolute atomic E-state index is 0. The van der Waals surface area contributed by atoms with Gasteiger partial charge >= 0.3 is 0 Å². The summed E-state index contributed by atoms with van der Waals surface area (Å²) in [7, 11) is 0. The fourth-order valence-corrected chi connectivity index (χ4v) is 1.86. The van der Waals surface area contributed by atoms with Gasteiger partial charge in [-0.2, -0.15) is 0 Å². The number of aromatic nitrogens is 1. The smallest absolute Gasteiger partial charge is 0.0650 e. The highest BCUT2D eigenvalue weighted by Gasteiger charge is 2.42. The molecule has 5 heteroatoms. The minimum atomic E-state index is 0. The summed E-state index contributed by atoms with van der Waals surface area (Å²) in [6, 6.07) is 3.80. The first-order valence-electron chi connectivity index (χ1n) is 5.20. The van der Waals surface area contributed by atoms with Crippen molar-refractivity contribution in [2.75, 3.05) is 12.3 Å². The molecule has 92 valence electrons. The third-order valence-electron chi connectivity index (χ3n) is 2.84. The molecule has 1 aliphatic carbocycles. The quantitative estimate of drug-likeness (QED) is 0.876. The molecular formula is C11H19Cl2N3. The summed E-state index contributed by atoms with van der Waals surface area (Å²) in [4.78, 5) is 4.32. The van der Waals surface area contributed by atoms with Gasteiger partial charge in [-0.1, -0.05) is 6.92 Å². The van der Waals surface area contributed by atoms with Gasteiger partial charge in [0.05, 0.1) is 11.4 Å². The van der Waals surface area contributed by atoms with E-state index in [9.17, 15) is 0 Å². The summed E-state index contributed by atoms with van der Waals surface area (Å²) in [5.74, 6) is 0. The third-order valence-corrected chi connectivity index (χ3v) is 2.84. The van der Waals surface area contributed by atoms with E-state index in [4.69, 9.17) is 5.73 Å². The fourth-order valence-electron chi connectivity index (χ4n) is 1.86. The van der Waals surface area contributed by atoms with Crippen molar-refractivity contribution in [2.24, 2.45) is 0 Å².